The van der Waals surface area contributed by atoms with Crippen molar-refractivity contribution < 1.29 is 14.3 Å². The van der Waals surface area contributed by atoms with Gasteiger partial charge in [-0.1, -0.05) is 12.1 Å². The van der Waals surface area contributed by atoms with Gasteiger partial charge in [0, 0.05) is 12.6 Å². The number of anilines is 1. The number of carbonyl (C=O) groups is 1. The van der Waals surface area contributed by atoms with E-state index in [0.717, 1.165) is 19.4 Å². The molecule has 1 aliphatic rings. The summed E-state index contributed by atoms with van der Waals surface area (Å²) >= 11 is 0. The molecule has 1 aromatic carbocycles. The summed E-state index contributed by atoms with van der Waals surface area (Å²) in [5, 5.41) is 2.63. The first kappa shape index (κ1) is 13.8. The highest BCUT2D eigenvalue weighted by molar-refractivity contribution is 5.75. The van der Waals surface area contributed by atoms with E-state index in [1.54, 1.807) is 6.07 Å². The van der Waals surface area contributed by atoms with Crippen molar-refractivity contribution in [2.24, 2.45) is 5.73 Å². The van der Waals surface area contributed by atoms with Gasteiger partial charge in [0.15, 0.2) is 0 Å². The van der Waals surface area contributed by atoms with Crippen LogP contribution in [0, 0.1) is 0 Å². The number of amides is 1. The molecular weight excluding hydrogens is 244 g/mol. The molecule has 0 radical (unpaired) electrons. The lowest BCUT2D eigenvalue weighted by Gasteiger charge is -2.40. The summed E-state index contributed by atoms with van der Waals surface area (Å²) in [6, 6.07) is 7.17. The third kappa shape index (κ3) is 3.05. The molecule has 1 heterocycles. The van der Waals surface area contributed by atoms with Gasteiger partial charge < -0.3 is 20.5 Å². The van der Waals surface area contributed by atoms with Crippen LogP contribution in [-0.2, 0) is 9.53 Å². The largest absolute Gasteiger partial charge is 0.481 e. The van der Waals surface area contributed by atoms with Crippen LogP contribution in [0.2, 0.25) is 0 Å². The van der Waals surface area contributed by atoms with Crippen LogP contribution < -0.4 is 15.8 Å². The monoisotopic (exact) mass is 264 g/mol. The van der Waals surface area contributed by atoms with E-state index in [-0.39, 0.29) is 6.04 Å². The Morgan fingerprint density at radius 1 is 1.53 bits per heavy atom. The number of benzene rings is 1. The topological polar surface area (TPSA) is 73.6 Å². The summed E-state index contributed by atoms with van der Waals surface area (Å²) in [6.45, 7) is 3.14. The van der Waals surface area contributed by atoms with E-state index in [4.69, 9.17) is 15.2 Å². The molecule has 2 unspecified atom stereocenters. The Morgan fingerprint density at radius 2 is 2.32 bits per heavy atom. The van der Waals surface area contributed by atoms with Crippen LogP contribution in [0.1, 0.15) is 19.8 Å². The van der Waals surface area contributed by atoms with Gasteiger partial charge in [-0.2, -0.15) is 0 Å². The van der Waals surface area contributed by atoms with Crippen molar-refractivity contribution in [1.82, 2.24) is 0 Å². The second kappa shape index (κ2) is 6.04. The molecule has 2 atom stereocenters. The maximum absolute atomic E-state index is 10.6. The number of nitrogens with two attached hydrogens (primary N) is 1. The fraction of sp³-hybridized carbons (Fsp3) is 0.500. The van der Waals surface area contributed by atoms with Gasteiger partial charge in [0.05, 0.1) is 12.3 Å². The fourth-order valence-corrected chi connectivity index (χ4v) is 2.28. The Hall–Kier alpha value is -1.59. The molecule has 1 saturated heterocycles. The summed E-state index contributed by atoms with van der Waals surface area (Å²) in [7, 11) is 0. The second-order valence-electron chi connectivity index (χ2n) is 4.87. The average molecular weight is 264 g/mol. The molecule has 5 nitrogen and oxygen atoms in total. The fourth-order valence-electron chi connectivity index (χ4n) is 2.28. The molecule has 3 N–H and O–H groups in total. The summed E-state index contributed by atoms with van der Waals surface area (Å²) in [6.07, 6.45) is 2.41. The molecule has 0 saturated carbocycles. The normalized spacial score (nSPS) is 24.5. The number of rotatable bonds is 5. The summed E-state index contributed by atoms with van der Waals surface area (Å²) in [5.74, 6) is 0.623. The van der Waals surface area contributed by atoms with Gasteiger partial charge >= 0.3 is 0 Å². The Balaban J connectivity index is 2.24. The molecule has 1 amide bonds. The first-order valence-electron chi connectivity index (χ1n) is 6.49. The molecule has 1 fully saturated rings. The third-order valence-corrected chi connectivity index (χ3v) is 3.48. The number of nitrogens with one attached hydrogen (secondary N) is 1. The minimum atomic E-state index is -0.529. The number of carbonyl (C=O) groups excluding carboxylic acids is 1. The molecule has 0 bridgehead atoms. The molecule has 0 aromatic heterocycles. The molecule has 1 aliphatic heterocycles. The molecule has 19 heavy (non-hydrogen) atoms. The van der Waals surface area contributed by atoms with Crippen LogP contribution in [-0.4, -0.2) is 31.3 Å². The van der Waals surface area contributed by atoms with Gasteiger partial charge in [-0.25, -0.2) is 0 Å². The van der Waals surface area contributed by atoms with Gasteiger partial charge in [0.2, 0.25) is 6.41 Å². The van der Waals surface area contributed by atoms with Gasteiger partial charge in [-0.05, 0) is 31.9 Å². The van der Waals surface area contributed by atoms with Crippen molar-refractivity contribution in [3.63, 3.8) is 0 Å². The van der Waals surface area contributed by atoms with E-state index >= 15 is 0 Å². The quantitative estimate of drug-likeness (QED) is 0.791. The molecular formula is C14H20N2O3. The Labute approximate surface area is 113 Å². The Morgan fingerprint density at radius 3 is 2.95 bits per heavy atom. The first-order chi connectivity index (χ1) is 9.18. The highest BCUT2D eigenvalue weighted by Crippen LogP contribution is 2.33. The maximum Gasteiger partial charge on any atom is 0.211 e. The van der Waals surface area contributed by atoms with Crippen molar-refractivity contribution in [1.29, 1.82) is 0 Å². The van der Waals surface area contributed by atoms with E-state index in [9.17, 15) is 4.79 Å². The van der Waals surface area contributed by atoms with Crippen molar-refractivity contribution in [2.75, 3.05) is 18.5 Å². The smallest absolute Gasteiger partial charge is 0.211 e. The summed E-state index contributed by atoms with van der Waals surface area (Å²) in [5.41, 5.74) is 6.19. The SMILES string of the molecule is CC(N)C1(Oc2ccccc2NC=O)CCCOC1. The molecule has 0 spiro atoms. The van der Waals surface area contributed by atoms with Crippen molar-refractivity contribution in [2.45, 2.75) is 31.4 Å². The van der Waals surface area contributed by atoms with Crippen LogP contribution in [0.5, 0.6) is 5.75 Å². The Kier molecular flexibility index (Phi) is 4.39. The average Bonchev–Trinajstić information content (AvgIpc) is 2.42. The van der Waals surface area contributed by atoms with Crippen molar-refractivity contribution in [3.8, 4) is 5.75 Å². The van der Waals surface area contributed by atoms with Gasteiger partial charge in [0.25, 0.3) is 0 Å². The van der Waals surface area contributed by atoms with Crippen molar-refractivity contribution in [3.05, 3.63) is 24.3 Å². The highest BCUT2D eigenvalue weighted by Gasteiger charge is 2.39. The van der Waals surface area contributed by atoms with E-state index in [1.807, 2.05) is 25.1 Å². The maximum atomic E-state index is 10.6. The van der Waals surface area contributed by atoms with E-state index < -0.39 is 5.60 Å². The molecule has 1 aromatic rings. The van der Waals surface area contributed by atoms with Crippen molar-refractivity contribution >= 4 is 12.1 Å². The zero-order chi connectivity index (χ0) is 13.7. The lowest BCUT2D eigenvalue weighted by atomic mass is 9.89. The first-order valence-corrected chi connectivity index (χ1v) is 6.49. The predicted molar refractivity (Wildman–Crippen MR) is 73.2 cm³/mol. The van der Waals surface area contributed by atoms with Crippen LogP contribution >= 0.6 is 0 Å². The lowest BCUT2D eigenvalue weighted by Crippen LogP contribution is -2.56. The third-order valence-electron chi connectivity index (χ3n) is 3.48. The molecule has 5 heteroatoms. The minimum absolute atomic E-state index is 0.155. The predicted octanol–water partition coefficient (Wildman–Crippen LogP) is 1.53. The lowest BCUT2D eigenvalue weighted by molar-refractivity contribution is -0.105. The van der Waals surface area contributed by atoms with E-state index in [1.165, 1.54) is 0 Å². The number of hydrogen-bond donors (Lipinski definition) is 2. The number of para-hydroxylation sites is 2. The highest BCUT2D eigenvalue weighted by atomic mass is 16.5. The van der Waals surface area contributed by atoms with Gasteiger partial charge in [0.1, 0.15) is 11.4 Å². The Bertz CT molecular complexity index is 428. The zero-order valence-electron chi connectivity index (χ0n) is 11.1. The standard InChI is InChI=1S/C14H20N2O3/c1-11(15)14(7-4-8-18-9-14)19-13-6-3-2-5-12(13)16-10-17/h2-3,5-6,10-11H,4,7-9,15H2,1H3,(H,16,17). The molecule has 2 rings (SSSR count). The molecule has 104 valence electrons. The zero-order valence-corrected chi connectivity index (χ0v) is 11.1. The van der Waals surface area contributed by atoms with E-state index in [2.05, 4.69) is 5.32 Å². The minimum Gasteiger partial charge on any atom is -0.481 e. The number of hydrogen-bond acceptors (Lipinski definition) is 4. The summed E-state index contributed by atoms with van der Waals surface area (Å²) < 4.78 is 11.6. The van der Waals surface area contributed by atoms with Crippen LogP contribution in [0.3, 0.4) is 0 Å². The van der Waals surface area contributed by atoms with Crippen LogP contribution in [0.15, 0.2) is 24.3 Å². The molecule has 0 aliphatic carbocycles. The summed E-state index contributed by atoms with van der Waals surface area (Å²) in [4.78, 5) is 10.6. The van der Waals surface area contributed by atoms with Crippen LogP contribution in [0.25, 0.3) is 0 Å². The number of ether oxygens (including phenoxy) is 2. The van der Waals surface area contributed by atoms with Crippen LogP contribution in [0.4, 0.5) is 5.69 Å². The van der Waals surface area contributed by atoms with Gasteiger partial charge in [-0.15, -0.1) is 0 Å². The van der Waals surface area contributed by atoms with E-state index in [0.29, 0.717) is 24.5 Å². The second-order valence-corrected chi connectivity index (χ2v) is 4.87. The van der Waals surface area contributed by atoms with Gasteiger partial charge in [-0.3, -0.25) is 4.79 Å².